The third-order valence-corrected chi connectivity index (χ3v) is 5.07. The van der Waals surface area contributed by atoms with Gasteiger partial charge in [0.25, 0.3) is 0 Å². The second-order valence-electron chi connectivity index (χ2n) is 6.02. The average molecular weight is 344 g/mol. The van der Waals surface area contributed by atoms with Crippen molar-refractivity contribution in [1.29, 1.82) is 0 Å². The molecule has 5 nitrogen and oxygen atoms in total. The molecule has 2 aromatic rings. The molecule has 0 radical (unpaired) electrons. The number of benzene rings is 1. The highest BCUT2D eigenvalue weighted by atomic mass is 32.1. The quantitative estimate of drug-likeness (QED) is 0.669. The number of ether oxygens (including phenoxy) is 1. The van der Waals surface area contributed by atoms with Crippen LogP contribution < -0.4 is 5.32 Å². The van der Waals surface area contributed by atoms with Crippen molar-refractivity contribution < 1.29 is 4.74 Å². The van der Waals surface area contributed by atoms with Gasteiger partial charge in [-0.2, -0.15) is 0 Å². The summed E-state index contributed by atoms with van der Waals surface area (Å²) < 4.78 is 5.45. The van der Waals surface area contributed by atoms with Crippen LogP contribution in [0.5, 0.6) is 0 Å². The summed E-state index contributed by atoms with van der Waals surface area (Å²) in [4.78, 5) is 11.3. The standard InChI is InChI=1S/C18H24N4OS/c1-19-18(22(2)11-14-8-9-23-12-14)20-10-16-13-24-17(21-16)15-6-4-3-5-7-15/h3-7,13-14H,8-12H2,1-2H3,(H,19,20). The molecule has 0 amide bonds. The van der Waals surface area contributed by atoms with Gasteiger partial charge in [-0.3, -0.25) is 4.99 Å². The Labute approximate surface area is 147 Å². The number of nitrogens with zero attached hydrogens (tertiary/aromatic N) is 3. The molecule has 1 aromatic carbocycles. The number of hydrogen-bond donors (Lipinski definition) is 1. The predicted molar refractivity (Wildman–Crippen MR) is 99.3 cm³/mol. The van der Waals surface area contributed by atoms with E-state index < -0.39 is 0 Å². The molecule has 1 aliphatic heterocycles. The summed E-state index contributed by atoms with van der Waals surface area (Å²) in [6.07, 6.45) is 1.13. The van der Waals surface area contributed by atoms with E-state index in [1.165, 1.54) is 0 Å². The van der Waals surface area contributed by atoms with E-state index in [9.17, 15) is 0 Å². The molecular weight excluding hydrogens is 320 g/mol. The maximum absolute atomic E-state index is 5.45. The van der Waals surface area contributed by atoms with Crippen LogP contribution in [0.4, 0.5) is 0 Å². The summed E-state index contributed by atoms with van der Waals surface area (Å²) in [5.41, 5.74) is 2.20. The molecule has 1 atom stereocenters. The largest absolute Gasteiger partial charge is 0.381 e. The summed E-state index contributed by atoms with van der Waals surface area (Å²) in [6, 6.07) is 10.3. The van der Waals surface area contributed by atoms with Crippen molar-refractivity contribution in [2.45, 2.75) is 13.0 Å². The number of aliphatic imine (C=N–C) groups is 1. The highest BCUT2D eigenvalue weighted by Gasteiger charge is 2.19. The zero-order valence-electron chi connectivity index (χ0n) is 14.2. The second-order valence-corrected chi connectivity index (χ2v) is 6.88. The zero-order valence-corrected chi connectivity index (χ0v) is 15.1. The van der Waals surface area contributed by atoms with Crippen LogP contribution in [0.1, 0.15) is 12.1 Å². The average Bonchev–Trinajstić information content (AvgIpc) is 3.28. The number of guanidine groups is 1. The van der Waals surface area contributed by atoms with E-state index in [2.05, 4.69) is 39.8 Å². The van der Waals surface area contributed by atoms with Crippen LogP contribution in [-0.4, -0.2) is 49.7 Å². The molecule has 0 spiro atoms. The van der Waals surface area contributed by atoms with Gasteiger partial charge in [-0.1, -0.05) is 30.3 Å². The highest BCUT2D eigenvalue weighted by Crippen LogP contribution is 2.23. The van der Waals surface area contributed by atoms with Crippen molar-refractivity contribution in [1.82, 2.24) is 15.2 Å². The van der Waals surface area contributed by atoms with Gasteiger partial charge >= 0.3 is 0 Å². The Bertz CT molecular complexity index is 665. The van der Waals surface area contributed by atoms with Crippen LogP contribution in [0.25, 0.3) is 10.6 Å². The van der Waals surface area contributed by atoms with Crippen molar-refractivity contribution in [3.8, 4) is 10.6 Å². The molecule has 1 N–H and O–H groups in total. The fourth-order valence-corrected chi connectivity index (χ4v) is 3.68. The lowest BCUT2D eigenvalue weighted by atomic mass is 10.1. The maximum Gasteiger partial charge on any atom is 0.193 e. The first-order valence-electron chi connectivity index (χ1n) is 8.25. The number of aromatic nitrogens is 1. The second kappa shape index (κ2) is 8.26. The number of rotatable bonds is 5. The van der Waals surface area contributed by atoms with Gasteiger partial charge in [-0.25, -0.2) is 4.98 Å². The lowest BCUT2D eigenvalue weighted by molar-refractivity contribution is 0.181. The normalized spacial score (nSPS) is 17.9. The van der Waals surface area contributed by atoms with Gasteiger partial charge in [0, 0.05) is 44.1 Å². The summed E-state index contributed by atoms with van der Waals surface area (Å²) in [5, 5.41) is 6.56. The van der Waals surface area contributed by atoms with Gasteiger partial charge in [-0.05, 0) is 6.42 Å². The van der Waals surface area contributed by atoms with E-state index in [0.29, 0.717) is 12.5 Å². The Balaban J connectivity index is 1.55. The van der Waals surface area contributed by atoms with Crippen LogP contribution in [-0.2, 0) is 11.3 Å². The molecule has 1 aromatic heterocycles. The molecule has 6 heteroatoms. The van der Waals surface area contributed by atoms with E-state index in [-0.39, 0.29) is 0 Å². The molecule has 2 heterocycles. The van der Waals surface area contributed by atoms with E-state index in [4.69, 9.17) is 9.72 Å². The van der Waals surface area contributed by atoms with E-state index in [0.717, 1.165) is 48.4 Å². The van der Waals surface area contributed by atoms with Gasteiger partial charge in [0.2, 0.25) is 0 Å². The Morgan fingerprint density at radius 3 is 2.96 bits per heavy atom. The van der Waals surface area contributed by atoms with Gasteiger partial charge in [0.15, 0.2) is 5.96 Å². The van der Waals surface area contributed by atoms with Crippen LogP contribution in [0.2, 0.25) is 0 Å². The summed E-state index contributed by atoms with van der Waals surface area (Å²) in [7, 11) is 3.89. The SMILES string of the molecule is CN=C(NCc1csc(-c2ccccc2)n1)N(C)CC1CCOC1. The molecule has 1 saturated heterocycles. The molecule has 0 bridgehead atoms. The summed E-state index contributed by atoms with van der Waals surface area (Å²) in [6.45, 7) is 3.38. The molecule has 24 heavy (non-hydrogen) atoms. The fraction of sp³-hybridized carbons (Fsp3) is 0.444. The van der Waals surface area contributed by atoms with Crippen LogP contribution >= 0.6 is 11.3 Å². The smallest absolute Gasteiger partial charge is 0.193 e. The minimum Gasteiger partial charge on any atom is -0.381 e. The highest BCUT2D eigenvalue weighted by molar-refractivity contribution is 7.13. The minimum atomic E-state index is 0.595. The molecule has 1 aliphatic rings. The molecule has 3 rings (SSSR count). The van der Waals surface area contributed by atoms with E-state index in [1.54, 1.807) is 11.3 Å². The Morgan fingerprint density at radius 1 is 1.42 bits per heavy atom. The van der Waals surface area contributed by atoms with Gasteiger partial charge < -0.3 is 15.0 Å². The van der Waals surface area contributed by atoms with Crippen molar-refractivity contribution in [2.24, 2.45) is 10.9 Å². The Kier molecular flexibility index (Phi) is 5.82. The molecule has 1 unspecified atom stereocenters. The Hall–Kier alpha value is -1.92. The van der Waals surface area contributed by atoms with Gasteiger partial charge in [-0.15, -0.1) is 11.3 Å². The maximum atomic E-state index is 5.45. The summed E-state index contributed by atoms with van der Waals surface area (Å²) in [5.74, 6) is 1.49. The number of hydrogen-bond acceptors (Lipinski definition) is 4. The van der Waals surface area contributed by atoms with Gasteiger partial charge in [0.05, 0.1) is 18.8 Å². The lowest BCUT2D eigenvalue weighted by Crippen LogP contribution is -2.41. The van der Waals surface area contributed by atoms with Crippen LogP contribution in [0.15, 0.2) is 40.7 Å². The topological polar surface area (TPSA) is 49.8 Å². The molecule has 1 fully saturated rings. The van der Waals surface area contributed by atoms with Crippen LogP contribution in [0.3, 0.4) is 0 Å². The number of thiazole rings is 1. The van der Waals surface area contributed by atoms with E-state index >= 15 is 0 Å². The zero-order chi connectivity index (χ0) is 16.8. The van der Waals surface area contributed by atoms with Crippen molar-refractivity contribution in [3.63, 3.8) is 0 Å². The number of nitrogens with one attached hydrogen (secondary N) is 1. The Morgan fingerprint density at radius 2 is 2.25 bits per heavy atom. The first-order chi connectivity index (χ1) is 11.8. The predicted octanol–water partition coefficient (Wildman–Crippen LogP) is 2.85. The van der Waals surface area contributed by atoms with Crippen molar-refractivity contribution >= 4 is 17.3 Å². The van der Waals surface area contributed by atoms with Crippen molar-refractivity contribution in [2.75, 3.05) is 33.9 Å². The first kappa shape index (κ1) is 16.9. The monoisotopic (exact) mass is 344 g/mol. The molecule has 0 aliphatic carbocycles. The van der Waals surface area contributed by atoms with Gasteiger partial charge in [0.1, 0.15) is 5.01 Å². The molecule has 0 saturated carbocycles. The van der Waals surface area contributed by atoms with Crippen molar-refractivity contribution in [3.05, 3.63) is 41.4 Å². The minimum absolute atomic E-state index is 0.595. The van der Waals surface area contributed by atoms with E-state index in [1.807, 2.05) is 25.2 Å². The molecule has 128 valence electrons. The van der Waals surface area contributed by atoms with Crippen LogP contribution in [0, 0.1) is 5.92 Å². The summed E-state index contributed by atoms with van der Waals surface area (Å²) >= 11 is 1.68. The third-order valence-electron chi connectivity index (χ3n) is 4.13. The fourth-order valence-electron chi connectivity index (χ4n) is 2.86. The molecular formula is C18H24N4OS. The first-order valence-corrected chi connectivity index (χ1v) is 9.13. The lowest BCUT2D eigenvalue weighted by Gasteiger charge is -2.24. The third kappa shape index (κ3) is 4.33.